The third-order valence-corrected chi connectivity index (χ3v) is 6.02. The van der Waals surface area contributed by atoms with Crippen LogP contribution in [0.5, 0.6) is 0 Å². The number of amides is 1. The van der Waals surface area contributed by atoms with Crippen LogP contribution in [0, 0.1) is 0 Å². The smallest absolute Gasteiger partial charge is 0.254 e. The zero-order valence-electron chi connectivity index (χ0n) is 16.9. The number of nitrogens with zero attached hydrogens (tertiary/aromatic N) is 5. The van der Waals surface area contributed by atoms with E-state index in [2.05, 4.69) is 34.1 Å². The molecule has 1 atom stereocenters. The van der Waals surface area contributed by atoms with Gasteiger partial charge >= 0.3 is 0 Å². The van der Waals surface area contributed by atoms with Crippen LogP contribution in [-0.4, -0.2) is 36.9 Å². The first-order chi connectivity index (χ1) is 14.6. The first-order valence-electron chi connectivity index (χ1n) is 10.3. The second-order valence-corrected chi connectivity index (χ2v) is 7.96. The first-order valence-corrected chi connectivity index (χ1v) is 10.3. The van der Waals surface area contributed by atoms with E-state index >= 15 is 0 Å². The highest BCUT2D eigenvalue weighted by Crippen LogP contribution is 2.39. The predicted molar refractivity (Wildman–Crippen MR) is 114 cm³/mol. The van der Waals surface area contributed by atoms with Crippen LogP contribution >= 0.6 is 0 Å². The fraction of sp³-hybridized carbons (Fsp3) is 0.250. The molecule has 0 spiro atoms. The number of hydrogen-bond acceptors (Lipinski definition) is 4. The Balaban J connectivity index is 1.47. The summed E-state index contributed by atoms with van der Waals surface area (Å²) in [6.07, 6.45) is 7.82. The molecule has 6 nitrogen and oxygen atoms in total. The van der Waals surface area contributed by atoms with Gasteiger partial charge in [0.2, 0.25) is 0 Å². The number of hydrogen-bond donors (Lipinski definition) is 0. The molecule has 4 aromatic rings. The van der Waals surface area contributed by atoms with E-state index in [9.17, 15) is 4.79 Å². The maximum Gasteiger partial charge on any atom is 0.254 e. The highest BCUT2D eigenvalue weighted by Gasteiger charge is 2.43. The SMILES string of the molecule is CC1(c2ccnc3ccnn23)CCCN1C(=O)c1ccnc(Cc2ccccc2)c1. The molecular formula is C24H23N5O. The molecule has 0 bridgehead atoms. The van der Waals surface area contributed by atoms with Gasteiger partial charge < -0.3 is 4.90 Å². The summed E-state index contributed by atoms with van der Waals surface area (Å²) in [4.78, 5) is 24.4. The molecule has 1 fully saturated rings. The van der Waals surface area contributed by atoms with E-state index in [0.29, 0.717) is 12.0 Å². The van der Waals surface area contributed by atoms with Gasteiger partial charge in [-0.1, -0.05) is 30.3 Å². The number of likely N-dealkylation sites (tertiary alicyclic amines) is 1. The Bertz CT molecular complexity index is 1200. The van der Waals surface area contributed by atoms with Crippen LogP contribution in [0.4, 0.5) is 0 Å². The van der Waals surface area contributed by atoms with E-state index in [0.717, 1.165) is 36.4 Å². The van der Waals surface area contributed by atoms with Gasteiger partial charge in [-0.3, -0.25) is 9.78 Å². The molecule has 1 saturated heterocycles. The molecule has 1 aromatic carbocycles. The average Bonchev–Trinajstić information content (AvgIpc) is 3.41. The molecular weight excluding hydrogens is 374 g/mol. The molecule has 1 aliphatic heterocycles. The lowest BCUT2D eigenvalue weighted by Crippen LogP contribution is -2.44. The fourth-order valence-corrected chi connectivity index (χ4v) is 4.47. The lowest BCUT2D eigenvalue weighted by atomic mass is 9.93. The van der Waals surface area contributed by atoms with E-state index in [1.807, 2.05) is 51.9 Å². The Morgan fingerprint density at radius 2 is 1.87 bits per heavy atom. The standard InChI is InChI=1S/C24H23N5O/c1-24(21-9-13-26-22-10-14-27-29(21)22)11-5-15-28(24)23(30)19-8-12-25-20(17-19)16-18-6-3-2-4-7-18/h2-4,6-10,12-14,17H,5,11,15-16H2,1H3. The number of pyridine rings is 1. The topological polar surface area (TPSA) is 63.4 Å². The van der Waals surface area contributed by atoms with Gasteiger partial charge in [-0.2, -0.15) is 5.10 Å². The Morgan fingerprint density at radius 1 is 1.03 bits per heavy atom. The molecule has 150 valence electrons. The van der Waals surface area contributed by atoms with E-state index in [1.165, 1.54) is 5.56 Å². The van der Waals surface area contributed by atoms with Crippen molar-refractivity contribution in [3.63, 3.8) is 0 Å². The van der Waals surface area contributed by atoms with E-state index in [1.54, 1.807) is 18.6 Å². The summed E-state index contributed by atoms with van der Waals surface area (Å²) < 4.78 is 1.85. The van der Waals surface area contributed by atoms with Crippen molar-refractivity contribution in [2.24, 2.45) is 0 Å². The zero-order valence-corrected chi connectivity index (χ0v) is 16.9. The minimum absolute atomic E-state index is 0.0313. The number of carbonyl (C=O) groups excluding carboxylic acids is 1. The van der Waals surface area contributed by atoms with Crippen LogP contribution < -0.4 is 0 Å². The Hall–Kier alpha value is -3.54. The summed E-state index contributed by atoms with van der Waals surface area (Å²) in [5.41, 5.74) is 4.09. The van der Waals surface area contributed by atoms with Crippen LogP contribution in [0.2, 0.25) is 0 Å². The lowest BCUT2D eigenvalue weighted by Gasteiger charge is -2.35. The van der Waals surface area contributed by atoms with E-state index < -0.39 is 5.54 Å². The number of carbonyl (C=O) groups is 1. The van der Waals surface area contributed by atoms with Crippen molar-refractivity contribution in [2.45, 2.75) is 31.7 Å². The van der Waals surface area contributed by atoms with Crippen LogP contribution in [0.1, 0.15) is 47.1 Å². The number of aromatic nitrogens is 4. The zero-order chi connectivity index (χ0) is 20.6. The summed E-state index contributed by atoms with van der Waals surface area (Å²) >= 11 is 0. The molecule has 1 unspecified atom stereocenters. The largest absolute Gasteiger partial charge is 0.328 e. The van der Waals surface area contributed by atoms with Gasteiger partial charge in [0.05, 0.1) is 17.4 Å². The van der Waals surface area contributed by atoms with Crippen molar-refractivity contribution >= 4 is 11.6 Å². The average molecular weight is 397 g/mol. The van der Waals surface area contributed by atoms with Gasteiger partial charge in [0.1, 0.15) is 0 Å². The van der Waals surface area contributed by atoms with Gasteiger partial charge in [-0.25, -0.2) is 9.50 Å². The highest BCUT2D eigenvalue weighted by atomic mass is 16.2. The highest BCUT2D eigenvalue weighted by molar-refractivity contribution is 5.95. The van der Waals surface area contributed by atoms with Gasteiger partial charge in [-0.05, 0) is 43.5 Å². The van der Waals surface area contributed by atoms with Crippen molar-refractivity contribution in [1.82, 2.24) is 24.5 Å². The minimum atomic E-state index is -0.437. The molecule has 0 N–H and O–H groups in total. The van der Waals surface area contributed by atoms with Crippen LogP contribution in [0.25, 0.3) is 5.65 Å². The summed E-state index contributed by atoms with van der Waals surface area (Å²) in [7, 11) is 0. The van der Waals surface area contributed by atoms with Gasteiger partial charge in [-0.15, -0.1) is 0 Å². The molecule has 0 saturated carbocycles. The van der Waals surface area contributed by atoms with Gasteiger partial charge in [0.25, 0.3) is 5.91 Å². The Labute approximate surface area is 175 Å². The molecule has 3 aromatic heterocycles. The third-order valence-electron chi connectivity index (χ3n) is 6.02. The van der Waals surface area contributed by atoms with Crippen LogP contribution in [-0.2, 0) is 12.0 Å². The van der Waals surface area contributed by atoms with Crippen LogP contribution in [0.15, 0.2) is 73.2 Å². The van der Waals surface area contributed by atoms with Crippen molar-refractivity contribution in [3.8, 4) is 0 Å². The Morgan fingerprint density at radius 3 is 2.73 bits per heavy atom. The molecule has 1 amide bonds. The number of benzene rings is 1. The van der Waals surface area contributed by atoms with Gasteiger partial charge in [0.15, 0.2) is 5.65 Å². The fourth-order valence-electron chi connectivity index (χ4n) is 4.47. The molecule has 4 heterocycles. The first kappa shape index (κ1) is 18.5. The molecule has 1 aliphatic rings. The second-order valence-electron chi connectivity index (χ2n) is 7.96. The number of fused-ring (bicyclic) bond motifs is 1. The number of rotatable bonds is 4. The van der Waals surface area contributed by atoms with Crippen LogP contribution in [0.3, 0.4) is 0 Å². The van der Waals surface area contributed by atoms with E-state index in [-0.39, 0.29) is 5.91 Å². The summed E-state index contributed by atoms with van der Waals surface area (Å²) in [5, 5.41) is 4.44. The van der Waals surface area contributed by atoms with Crippen molar-refractivity contribution in [1.29, 1.82) is 0 Å². The lowest BCUT2D eigenvalue weighted by molar-refractivity contribution is 0.0608. The molecule has 0 radical (unpaired) electrons. The minimum Gasteiger partial charge on any atom is -0.328 e. The molecule has 30 heavy (non-hydrogen) atoms. The van der Waals surface area contributed by atoms with Crippen molar-refractivity contribution in [3.05, 3.63) is 95.7 Å². The Kier molecular flexibility index (Phi) is 4.54. The normalized spacial score (nSPS) is 18.8. The predicted octanol–water partition coefficient (Wildman–Crippen LogP) is 3.87. The second kappa shape index (κ2) is 7.37. The maximum atomic E-state index is 13.6. The van der Waals surface area contributed by atoms with Crippen molar-refractivity contribution in [2.75, 3.05) is 6.54 Å². The summed E-state index contributed by atoms with van der Waals surface area (Å²) in [5.74, 6) is 0.0313. The van der Waals surface area contributed by atoms with Crippen molar-refractivity contribution < 1.29 is 4.79 Å². The quantitative estimate of drug-likeness (QED) is 0.524. The van der Waals surface area contributed by atoms with Gasteiger partial charge in [0, 0.05) is 42.7 Å². The molecule has 0 aliphatic carbocycles. The molecule has 6 heteroatoms. The van der Waals surface area contributed by atoms with E-state index in [4.69, 9.17) is 0 Å². The third kappa shape index (κ3) is 3.14. The maximum absolute atomic E-state index is 13.6. The summed E-state index contributed by atoms with van der Waals surface area (Å²) in [6, 6.07) is 17.8. The monoisotopic (exact) mass is 397 g/mol. The molecule has 5 rings (SSSR count). The summed E-state index contributed by atoms with van der Waals surface area (Å²) in [6.45, 7) is 2.84.